The van der Waals surface area contributed by atoms with Crippen LogP contribution in [0.3, 0.4) is 0 Å². The number of carbonyl (C=O) groups is 1. The Morgan fingerprint density at radius 3 is 2.93 bits per heavy atom. The molecule has 4 nitrogen and oxygen atoms in total. The quantitative estimate of drug-likeness (QED) is 0.509. The predicted molar refractivity (Wildman–Crippen MR) is 53.9 cm³/mol. The van der Waals surface area contributed by atoms with Crippen LogP contribution in [0.15, 0.2) is 35.2 Å². The highest BCUT2D eigenvalue weighted by atomic mass is 16.5. The number of allylic oxidation sites excluding steroid dienone is 2. The number of ether oxygens (including phenoxy) is 1. The van der Waals surface area contributed by atoms with Crippen LogP contribution in [-0.4, -0.2) is 19.3 Å². The summed E-state index contributed by atoms with van der Waals surface area (Å²) in [5.41, 5.74) is 1.97. The third kappa shape index (κ3) is 2.10. The van der Waals surface area contributed by atoms with Gasteiger partial charge < -0.3 is 15.5 Å². The van der Waals surface area contributed by atoms with Crippen LogP contribution in [0.25, 0.3) is 0 Å². The molecule has 0 fully saturated rings. The van der Waals surface area contributed by atoms with Crippen LogP contribution in [0.2, 0.25) is 0 Å². The molecule has 14 heavy (non-hydrogen) atoms. The third-order valence-corrected chi connectivity index (χ3v) is 1.86. The maximum atomic E-state index is 11.2. The van der Waals surface area contributed by atoms with E-state index in [1.54, 1.807) is 25.3 Å². The first-order chi connectivity index (χ1) is 6.69. The Balaban J connectivity index is 3.00. The second-order valence-electron chi connectivity index (χ2n) is 2.81. The topological polar surface area (TPSA) is 62.2 Å². The zero-order valence-corrected chi connectivity index (χ0v) is 8.13. The van der Waals surface area contributed by atoms with E-state index in [4.69, 9.17) is 5.41 Å². The molecular weight excluding hydrogens is 180 g/mol. The summed E-state index contributed by atoms with van der Waals surface area (Å²) in [4.78, 5) is 11.2. The minimum Gasteiger partial charge on any atom is -0.465 e. The summed E-state index contributed by atoms with van der Waals surface area (Å²) in [6.07, 6.45) is 6.17. The molecule has 0 saturated carbocycles. The number of methoxy groups -OCH3 is 1. The fourth-order valence-electron chi connectivity index (χ4n) is 1.02. The molecule has 0 bridgehead atoms. The maximum Gasteiger partial charge on any atom is 0.337 e. The van der Waals surface area contributed by atoms with Crippen molar-refractivity contribution in [1.29, 1.82) is 5.41 Å². The summed E-state index contributed by atoms with van der Waals surface area (Å²) >= 11 is 0. The molecule has 74 valence electrons. The van der Waals surface area contributed by atoms with Crippen LogP contribution >= 0.6 is 0 Å². The summed E-state index contributed by atoms with van der Waals surface area (Å²) < 4.78 is 4.59. The van der Waals surface area contributed by atoms with Crippen molar-refractivity contribution in [2.24, 2.45) is 0 Å². The molecule has 0 atom stereocenters. The number of esters is 1. The van der Waals surface area contributed by atoms with E-state index in [1.165, 1.54) is 13.3 Å². The van der Waals surface area contributed by atoms with Crippen molar-refractivity contribution in [3.8, 4) is 0 Å². The Hall–Kier alpha value is -1.84. The van der Waals surface area contributed by atoms with Crippen molar-refractivity contribution in [3.05, 3.63) is 35.2 Å². The molecule has 0 aromatic carbocycles. The second kappa shape index (κ2) is 4.41. The van der Waals surface area contributed by atoms with Gasteiger partial charge in [-0.2, -0.15) is 0 Å². The average Bonchev–Trinajstić information content (AvgIpc) is 2.27. The number of dihydropyridines is 1. The van der Waals surface area contributed by atoms with Crippen molar-refractivity contribution in [2.75, 3.05) is 7.11 Å². The maximum absolute atomic E-state index is 11.2. The lowest BCUT2D eigenvalue weighted by atomic mass is 10.1. The molecule has 2 N–H and O–H groups in total. The summed E-state index contributed by atoms with van der Waals surface area (Å²) in [6, 6.07) is 0. The minimum atomic E-state index is -0.377. The standard InChI is InChI=1S/C10H12N2O2/c1-7(6-11)9-5-8(3-4-12-9)10(13)14-2/h3-6,11-12H,1-2H3/b9-7-,11-6?. The first-order valence-electron chi connectivity index (χ1n) is 4.13. The molecule has 1 rings (SSSR count). The highest BCUT2D eigenvalue weighted by Crippen LogP contribution is 2.11. The third-order valence-electron chi connectivity index (χ3n) is 1.86. The van der Waals surface area contributed by atoms with E-state index in [9.17, 15) is 4.79 Å². The SMILES string of the molecule is COC(=O)C1=C/C(=C(\C)C=N)NC=C1. The highest BCUT2D eigenvalue weighted by molar-refractivity contribution is 5.93. The van der Waals surface area contributed by atoms with E-state index in [2.05, 4.69) is 10.1 Å². The fourth-order valence-corrected chi connectivity index (χ4v) is 1.02. The van der Waals surface area contributed by atoms with Crippen molar-refractivity contribution in [3.63, 3.8) is 0 Å². The number of hydrogen-bond donors (Lipinski definition) is 2. The largest absolute Gasteiger partial charge is 0.465 e. The number of carbonyl (C=O) groups excluding carboxylic acids is 1. The summed E-state index contributed by atoms with van der Waals surface area (Å²) in [5.74, 6) is -0.377. The van der Waals surface area contributed by atoms with Crippen molar-refractivity contribution in [2.45, 2.75) is 6.92 Å². The van der Waals surface area contributed by atoms with Crippen LogP contribution in [-0.2, 0) is 9.53 Å². The number of nitrogens with one attached hydrogen (secondary N) is 2. The lowest BCUT2D eigenvalue weighted by Crippen LogP contribution is -2.14. The van der Waals surface area contributed by atoms with Crippen LogP contribution in [0, 0.1) is 5.41 Å². The van der Waals surface area contributed by atoms with Crippen LogP contribution in [0.4, 0.5) is 0 Å². The molecule has 0 aromatic heterocycles. The Morgan fingerprint density at radius 1 is 1.64 bits per heavy atom. The molecule has 1 aliphatic heterocycles. The van der Waals surface area contributed by atoms with E-state index in [-0.39, 0.29) is 5.97 Å². The molecule has 0 radical (unpaired) electrons. The lowest BCUT2D eigenvalue weighted by molar-refractivity contribution is -0.135. The number of hydrogen-bond acceptors (Lipinski definition) is 4. The molecule has 0 spiro atoms. The smallest absolute Gasteiger partial charge is 0.337 e. The normalized spacial score (nSPS) is 18.0. The van der Waals surface area contributed by atoms with Crippen molar-refractivity contribution < 1.29 is 9.53 Å². The van der Waals surface area contributed by atoms with Gasteiger partial charge in [-0.05, 0) is 24.6 Å². The van der Waals surface area contributed by atoms with E-state index in [0.717, 1.165) is 11.3 Å². The zero-order chi connectivity index (χ0) is 10.6. The lowest BCUT2D eigenvalue weighted by Gasteiger charge is -2.11. The van der Waals surface area contributed by atoms with E-state index in [1.807, 2.05) is 0 Å². The first kappa shape index (κ1) is 10.2. The van der Waals surface area contributed by atoms with Crippen LogP contribution < -0.4 is 5.32 Å². The molecule has 0 saturated heterocycles. The van der Waals surface area contributed by atoms with Crippen LogP contribution in [0.5, 0.6) is 0 Å². The summed E-state index contributed by atoms with van der Waals surface area (Å²) in [6.45, 7) is 1.79. The van der Waals surface area contributed by atoms with Gasteiger partial charge in [-0.1, -0.05) is 0 Å². The van der Waals surface area contributed by atoms with Crippen molar-refractivity contribution >= 4 is 12.2 Å². The monoisotopic (exact) mass is 192 g/mol. The Labute approximate surface area is 82.5 Å². The number of rotatable bonds is 2. The van der Waals surface area contributed by atoms with Gasteiger partial charge in [-0.3, -0.25) is 0 Å². The van der Waals surface area contributed by atoms with Gasteiger partial charge in [-0.25, -0.2) is 4.79 Å². The minimum absolute atomic E-state index is 0.377. The van der Waals surface area contributed by atoms with Gasteiger partial charge in [0.1, 0.15) is 0 Å². The van der Waals surface area contributed by atoms with E-state index < -0.39 is 0 Å². The van der Waals surface area contributed by atoms with Gasteiger partial charge in [0.15, 0.2) is 0 Å². The van der Waals surface area contributed by atoms with E-state index in [0.29, 0.717) is 5.57 Å². The molecule has 1 aliphatic rings. The molecule has 4 heteroatoms. The second-order valence-corrected chi connectivity index (χ2v) is 2.81. The van der Waals surface area contributed by atoms with Gasteiger partial charge in [0, 0.05) is 18.1 Å². The Morgan fingerprint density at radius 2 is 2.36 bits per heavy atom. The molecule has 0 unspecified atom stereocenters. The Bertz CT molecular complexity index is 351. The van der Waals surface area contributed by atoms with Crippen molar-refractivity contribution in [1.82, 2.24) is 5.32 Å². The van der Waals surface area contributed by atoms with Gasteiger partial charge in [0.05, 0.1) is 12.7 Å². The molecule has 0 aliphatic carbocycles. The van der Waals surface area contributed by atoms with E-state index >= 15 is 0 Å². The predicted octanol–water partition coefficient (Wildman–Crippen LogP) is 1.13. The van der Waals surface area contributed by atoms with Gasteiger partial charge in [0.2, 0.25) is 0 Å². The summed E-state index contributed by atoms with van der Waals surface area (Å²) in [5, 5.41) is 10.0. The van der Waals surface area contributed by atoms with Gasteiger partial charge in [0.25, 0.3) is 0 Å². The molecule has 1 heterocycles. The molecule has 0 aromatic rings. The highest BCUT2D eigenvalue weighted by Gasteiger charge is 2.10. The van der Waals surface area contributed by atoms with Crippen LogP contribution in [0.1, 0.15) is 6.92 Å². The Kier molecular flexibility index (Phi) is 3.23. The van der Waals surface area contributed by atoms with Gasteiger partial charge >= 0.3 is 5.97 Å². The average molecular weight is 192 g/mol. The first-order valence-corrected chi connectivity index (χ1v) is 4.13. The summed E-state index contributed by atoms with van der Waals surface area (Å²) in [7, 11) is 1.34. The fraction of sp³-hybridized carbons (Fsp3) is 0.200. The zero-order valence-electron chi connectivity index (χ0n) is 8.13. The van der Waals surface area contributed by atoms with Gasteiger partial charge in [-0.15, -0.1) is 0 Å². The molecule has 0 amide bonds. The molecular formula is C10H12N2O2.